The molecule has 5 rings (SSSR count). The van der Waals surface area contributed by atoms with E-state index in [0.29, 0.717) is 13.1 Å². The molecule has 0 atom stereocenters. The zero-order chi connectivity index (χ0) is 18.9. The smallest absolute Gasteiger partial charge is 0.254 e. The Kier molecular flexibility index (Phi) is 4.21. The molecule has 28 heavy (non-hydrogen) atoms. The summed E-state index contributed by atoms with van der Waals surface area (Å²) < 4.78 is 2.89. The van der Waals surface area contributed by atoms with Crippen LogP contribution in [0.15, 0.2) is 54.8 Å². The summed E-state index contributed by atoms with van der Waals surface area (Å²) in [5.74, 6) is 1.70. The molecule has 0 N–H and O–H groups in total. The van der Waals surface area contributed by atoms with Gasteiger partial charge in [-0.1, -0.05) is 0 Å². The van der Waals surface area contributed by atoms with Crippen LogP contribution in [0.4, 0.5) is 5.82 Å². The highest BCUT2D eigenvalue weighted by Gasteiger charge is 2.23. The van der Waals surface area contributed by atoms with E-state index in [1.54, 1.807) is 35.7 Å². The monoisotopic (exact) mass is 391 g/mol. The summed E-state index contributed by atoms with van der Waals surface area (Å²) in [5.41, 5.74) is 3.45. The van der Waals surface area contributed by atoms with E-state index in [1.807, 2.05) is 39.9 Å². The first-order chi connectivity index (χ1) is 13.8. The van der Waals surface area contributed by atoms with E-state index in [-0.39, 0.29) is 5.91 Å². The maximum Gasteiger partial charge on any atom is 0.254 e. The van der Waals surface area contributed by atoms with Crippen LogP contribution in [0.3, 0.4) is 0 Å². The van der Waals surface area contributed by atoms with Gasteiger partial charge in [0.2, 0.25) is 0 Å². The Balaban J connectivity index is 1.28. The number of thiazole rings is 1. The fourth-order valence-corrected chi connectivity index (χ4v) is 4.07. The lowest BCUT2D eigenvalue weighted by molar-refractivity contribution is 0.0746. The summed E-state index contributed by atoms with van der Waals surface area (Å²) in [5, 5.41) is 0. The largest absolute Gasteiger partial charge is 0.353 e. The molecule has 9 heteroatoms. The number of hydrogen-bond acceptors (Lipinski definition) is 7. The first kappa shape index (κ1) is 16.8. The first-order valence-electron chi connectivity index (χ1n) is 8.96. The predicted molar refractivity (Wildman–Crippen MR) is 107 cm³/mol. The molecule has 0 aliphatic carbocycles. The summed E-state index contributed by atoms with van der Waals surface area (Å²) in [7, 11) is 0. The van der Waals surface area contributed by atoms with E-state index in [0.717, 1.165) is 40.5 Å². The summed E-state index contributed by atoms with van der Waals surface area (Å²) in [6.07, 6.45) is 6.84. The van der Waals surface area contributed by atoms with Gasteiger partial charge in [0.05, 0.1) is 15.7 Å². The number of nitrogens with zero attached hydrogens (tertiary/aromatic N) is 7. The number of hydrogen-bond donors (Lipinski definition) is 0. The SMILES string of the molecule is O=C(c1ccc2ncsc2c1)N1CCN(c2cc(-n3ccnc3)ncn2)CC1. The van der Waals surface area contributed by atoms with Gasteiger partial charge in [-0.15, -0.1) is 11.3 Å². The Labute approximate surface area is 165 Å². The molecule has 1 aromatic carbocycles. The third-order valence-corrected chi connectivity index (χ3v) is 5.67. The minimum absolute atomic E-state index is 0.0664. The van der Waals surface area contributed by atoms with Gasteiger partial charge < -0.3 is 9.80 Å². The van der Waals surface area contributed by atoms with Crippen LogP contribution >= 0.6 is 11.3 Å². The van der Waals surface area contributed by atoms with Gasteiger partial charge in [0.25, 0.3) is 5.91 Å². The molecule has 4 aromatic rings. The van der Waals surface area contributed by atoms with Gasteiger partial charge in [-0.05, 0) is 18.2 Å². The lowest BCUT2D eigenvalue weighted by Gasteiger charge is -2.35. The molecule has 1 fully saturated rings. The average Bonchev–Trinajstić information content (AvgIpc) is 3.45. The van der Waals surface area contributed by atoms with E-state index >= 15 is 0 Å². The molecule has 0 bridgehead atoms. The van der Waals surface area contributed by atoms with Crippen molar-refractivity contribution in [1.82, 2.24) is 29.4 Å². The van der Waals surface area contributed by atoms with Crippen molar-refractivity contribution in [2.45, 2.75) is 0 Å². The highest BCUT2D eigenvalue weighted by atomic mass is 32.1. The zero-order valence-electron chi connectivity index (χ0n) is 15.0. The first-order valence-corrected chi connectivity index (χ1v) is 9.84. The van der Waals surface area contributed by atoms with E-state index in [2.05, 4.69) is 24.8 Å². The molecule has 1 aliphatic heterocycles. The molecule has 1 aliphatic rings. The minimum Gasteiger partial charge on any atom is -0.353 e. The summed E-state index contributed by atoms with van der Waals surface area (Å²) in [4.78, 5) is 34.0. The molecule has 0 saturated carbocycles. The fourth-order valence-electron chi connectivity index (χ4n) is 3.36. The minimum atomic E-state index is 0.0664. The number of carbonyl (C=O) groups is 1. The fraction of sp³-hybridized carbons (Fsp3) is 0.211. The number of fused-ring (bicyclic) bond motifs is 1. The van der Waals surface area contributed by atoms with Crippen LogP contribution in [-0.2, 0) is 0 Å². The maximum absolute atomic E-state index is 12.9. The van der Waals surface area contributed by atoms with Gasteiger partial charge in [0.1, 0.15) is 24.3 Å². The lowest BCUT2D eigenvalue weighted by Crippen LogP contribution is -2.49. The number of rotatable bonds is 3. The number of anilines is 1. The van der Waals surface area contributed by atoms with Crippen LogP contribution in [0.25, 0.3) is 16.0 Å². The Bertz CT molecular complexity index is 1120. The molecule has 0 radical (unpaired) electrons. The van der Waals surface area contributed by atoms with Crippen LogP contribution in [0.5, 0.6) is 0 Å². The summed E-state index contributed by atoms with van der Waals surface area (Å²) >= 11 is 1.55. The van der Waals surface area contributed by atoms with Gasteiger partial charge in [-0.25, -0.2) is 19.9 Å². The van der Waals surface area contributed by atoms with Crippen LogP contribution in [0, 0.1) is 0 Å². The maximum atomic E-state index is 12.9. The quantitative estimate of drug-likeness (QED) is 0.533. The molecule has 0 spiro atoms. The third-order valence-electron chi connectivity index (χ3n) is 4.88. The Hall–Kier alpha value is -3.33. The Morgan fingerprint density at radius 2 is 1.86 bits per heavy atom. The van der Waals surface area contributed by atoms with Crippen LogP contribution in [-0.4, -0.2) is 61.5 Å². The second-order valence-electron chi connectivity index (χ2n) is 6.52. The summed E-state index contributed by atoms with van der Waals surface area (Å²) in [6.45, 7) is 2.78. The van der Waals surface area contributed by atoms with E-state index < -0.39 is 0 Å². The zero-order valence-corrected chi connectivity index (χ0v) is 15.8. The van der Waals surface area contributed by atoms with E-state index in [1.165, 1.54) is 0 Å². The normalized spacial score (nSPS) is 14.6. The van der Waals surface area contributed by atoms with Gasteiger partial charge >= 0.3 is 0 Å². The summed E-state index contributed by atoms with van der Waals surface area (Å²) in [6, 6.07) is 7.65. The van der Waals surface area contributed by atoms with Crippen molar-refractivity contribution in [2.75, 3.05) is 31.1 Å². The second-order valence-corrected chi connectivity index (χ2v) is 7.40. The number of amides is 1. The van der Waals surface area contributed by atoms with Crippen molar-refractivity contribution in [3.8, 4) is 5.82 Å². The predicted octanol–water partition coefficient (Wildman–Crippen LogP) is 2.23. The molecule has 1 amide bonds. The number of benzene rings is 1. The molecular weight excluding hydrogens is 374 g/mol. The second kappa shape index (κ2) is 7.01. The number of aromatic nitrogens is 5. The molecule has 4 heterocycles. The third kappa shape index (κ3) is 3.09. The van der Waals surface area contributed by atoms with Crippen molar-refractivity contribution >= 4 is 33.3 Å². The molecule has 0 unspecified atom stereocenters. The van der Waals surface area contributed by atoms with Crippen molar-refractivity contribution in [1.29, 1.82) is 0 Å². The molecule has 8 nitrogen and oxygen atoms in total. The molecule has 1 saturated heterocycles. The van der Waals surface area contributed by atoms with E-state index in [4.69, 9.17) is 0 Å². The van der Waals surface area contributed by atoms with Crippen molar-refractivity contribution in [3.05, 3.63) is 60.4 Å². The molecular formula is C19H17N7OS. The average molecular weight is 391 g/mol. The Morgan fingerprint density at radius 3 is 2.68 bits per heavy atom. The van der Waals surface area contributed by atoms with Crippen molar-refractivity contribution in [3.63, 3.8) is 0 Å². The van der Waals surface area contributed by atoms with Gasteiger partial charge in [0.15, 0.2) is 0 Å². The topological polar surface area (TPSA) is 80.0 Å². The van der Waals surface area contributed by atoms with E-state index in [9.17, 15) is 4.79 Å². The highest BCUT2D eigenvalue weighted by molar-refractivity contribution is 7.16. The highest BCUT2D eigenvalue weighted by Crippen LogP contribution is 2.21. The number of carbonyl (C=O) groups excluding carboxylic acids is 1. The molecule has 140 valence electrons. The number of imidazole rings is 1. The lowest BCUT2D eigenvalue weighted by atomic mass is 10.1. The van der Waals surface area contributed by atoms with Crippen molar-refractivity contribution < 1.29 is 4.79 Å². The van der Waals surface area contributed by atoms with Crippen molar-refractivity contribution in [2.24, 2.45) is 0 Å². The van der Waals surface area contributed by atoms with Gasteiger partial charge in [-0.3, -0.25) is 9.36 Å². The molecule has 3 aromatic heterocycles. The van der Waals surface area contributed by atoms with Gasteiger partial charge in [0, 0.05) is 50.2 Å². The number of piperazine rings is 1. The van der Waals surface area contributed by atoms with Crippen LogP contribution < -0.4 is 4.90 Å². The van der Waals surface area contributed by atoms with Gasteiger partial charge in [-0.2, -0.15) is 0 Å². The standard InChI is InChI=1S/C19H17N7OS/c27-19(14-1-2-15-16(9-14)28-13-23-15)25-7-5-24(6-8-25)17-10-18(22-11-21-17)26-4-3-20-12-26/h1-4,9-13H,5-8H2. The Morgan fingerprint density at radius 1 is 1.00 bits per heavy atom. The van der Waals surface area contributed by atoms with Crippen LogP contribution in [0.2, 0.25) is 0 Å². The van der Waals surface area contributed by atoms with Crippen LogP contribution in [0.1, 0.15) is 10.4 Å².